The molecular formula is C58H33N3O2. The molecule has 0 N–H and O–H groups in total. The number of nitrogens with zero attached hydrogens (tertiary/aromatic N) is 3. The molecule has 14 rings (SSSR count). The Bertz CT molecular complexity index is 3850. The molecule has 3 aromatic heterocycles. The SMILES string of the molecule is c1ccc2c(c1)-c1ccccc1C1(c3cc(-c4nc(-c5ccc6oc7ccccc7c6c5)nc(-c5cccc6c5oc5ccccc56)n4)ccc3-2)c2ccccc2-c2ccccc21. The van der Waals surface area contributed by atoms with Crippen LogP contribution in [0.25, 0.3) is 111 Å². The Labute approximate surface area is 361 Å². The molecule has 0 bridgehead atoms. The number of rotatable bonds is 3. The number of para-hydroxylation sites is 3. The van der Waals surface area contributed by atoms with Gasteiger partial charge >= 0.3 is 0 Å². The van der Waals surface area contributed by atoms with Crippen molar-refractivity contribution in [1.29, 1.82) is 0 Å². The normalized spacial score (nSPS) is 13.2. The Kier molecular flexibility index (Phi) is 6.97. The van der Waals surface area contributed by atoms with Gasteiger partial charge in [0.1, 0.15) is 22.3 Å². The van der Waals surface area contributed by atoms with Gasteiger partial charge in [0.15, 0.2) is 17.5 Å². The third-order valence-electron chi connectivity index (χ3n) is 13.4. The van der Waals surface area contributed by atoms with E-state index in [0.29, 0.717) is 17.5 Å². The summed E-state index contributed by atoms with van der Waals surface area (Å²) in [6.45, 7) is 0. The van der Waals surface area contributed by atoms with Crippen molar-refractivity contribution >= 4 is 43.9 Å². The lowest BCUT2D eigenvalue weighted by Crippen LogP contribution is -2.29. The first kappa shape index (κ1) is 34.3. The molecule has 0 radical (unpaired) electrons. The molecule has 5 nitrogen and oxygen atoms in total. The molecule has 2 aliphatic carbocycles. The molecular weight excluding hydrogens is 771 g/mol. The maximum atomic E-state index is 6.60. The zero-order valence-corrected chi connectivity index (χ0v) is 33.7. The Hall–Kier alpha value is -8.41. The van der Waals surface area contributed by atoms with E-state index in [0.717, 1.165) is 60.6 Å². The maximum absolute atomic E-state index is 6.60. The van der Waals surface area contributed by atoms with Gasteiger partial charge in [0.25, 0.3) is 0 Å². The summed E-state index contributed by atoms with van der Waals surface area (Å²) >= 11 is 0. The van der Waals surface area contributed by atoms with Gasteiger partial charge in [-0.1, -0.05) is 158 Å². The standard InChI is InChI=1S/C58H33N3O2/c1-2-15-37-36(14-1)38-16-3-8-23-47(38)58(48-24-9-4-17-39(48)40-18-5-10-25-49(40)58)50-33-35(28-30-41(37)50)56-59-55(34-29-31-53-46(32-34)43-20-7-11-26-51(43)62-53)60-57(61-56)45-22-13-21-44-42-19-6-12-27-52(42)63-54(44)45/h1-33H. The van der Waals surface area contributed by atoms with E-state index in [1.54, 1.807) is 0 Å². The van der Waals surface area contributed by atoms with Gasteiger partial charge in [-0.3, -0.25) is 0 Å². The van der Waals surface area contributed by atoms with Crippen LogP contribution < -0.4 is 0 Å². The summed E-state index contributed by atoms with van der Waals surface area (Å²) in [4.78, 5) is 16.0. The van der Waals surface area contributed by atoms with Crippen LogP contribution >= 0.6 is 0 Å². The molecule has 1 spiro atoms. The molecule has 0 aliphatic heterocycles. The van der Waals surface area contributed by atoms with E-state index in [9.17, 15) is 0 Å². The number of hydrogen-bond acceptors (Lipinski definition) is 5. The van der Waals surface area contributed by atoms with Crippen LogP contribution in [0.15, 0.2) is 209 Å². The number of furan rings is 2. The summed E-state index contributed by atoms with van der Waals surface area (Å²) in [5, 5.41) is 4.12. The van der Waals surface area contributed by atoms with Crippen molar-refractivity contribution in [3.05, 3.63) is 222 Å². The first-order chi connectivity index (χ1) is 31.2. The second-order valence-electron chi connectivity index (χ2n) is 16.6. The van der Waals surface area contributed by atoms with Gasteiger partial charge in [-0.05, 0) is 98.1 Å². The van der Waals surface area contributed by atoms with Crippen LogP contribution in [0.2, 0.25) is 0 Å². The minimum atomic E-state index is -0.639. The average molecular weight is 804 g/mol. The van der Waals surface area contributed by atoms with E-state index in [-0.39, 0.29) is 0 Å². The Morgan fingerprint density at radius 2 is 0.730 bits per heavy atom. The lowest BCUT2D eigenvalue weighted by molar-refractivity contribution is 0.669. The fraction of sp³-hybridized carbons (Fsp3) is 0.0172. The summed E-state index contributed by atoms with van der Waals surface area (Å²) in [5.74, 6) is 1.67. The molecule has 3 heterocycles. The fourth-order valence-electron chi connectivity index (χ4n) is 10.7. The smallest absolute Gasteiger partial charge is 0.167 e. The minimum absolute atomic E-state index is 0.536. The second-order valence-corrected chi connectivity index (χ2v) is 16.6. The van der Waals surface area contributed by atoms with Crippen molar-refractivity contribution in [2.24, 2.45) is 0 Å². The van der Waals surface area contributed by atoms with Crippen molar-refractivity contribution in [2.45, 2.75) is 5.41 Å². The maximum Gasteiger partial charge on any atom is 0.167 e. The quantitative estimate of drug-likeness (QED) is 0.178. The van der Waals surface area contributed by atoms with Crippen molar-refractivity contribution in [1.82, 2.24) is 15.0 Å². The van der Waals surface area contributed by atoms with Crippen molar-refractivity contribution in [3.63, 3.8) is 0 Å². The Morgan fingerprint density at radius 3 is 1.40 bits per heavy atom. The first-order valence-corrected chi connectivity index (χ1v) is 21.3. The third-order valence-corrected chi connectivity index (χ3v) is 13.4. The molecule has 2 aliphatic rings. The minimum Gasteiger partial charge on any atom is -0.456 e. The van der Waals surface area contributed by atoms with Crippen LogP contribution in [0, 0.1) is 0 Å². The summed E-state index contributed by atoms with van der Waals surface area (Å²) in [7, 11) is 0. The molecule has 0 saturated carbocycles. The molecule has 12 aromatic rings. The highest BCUT2D eigenvalue weighted by atomic mass is 16.3. The second kappa shape index (κ2) is 12.8. The van der Waals surface area contributed by atoms with Gasteiger partial charge in [0.2, 0.25) is 0 Å². The van der Waals surface area contributed by atoms with E-state index in [4.69, 9.17) is 23.8 Å². The van der Waals surface area contributed by atoms with E-state index in [1.807, 2.05) is 54.6 Å². The Morgan fingerprint density at radius 1 is 0.286 bits per heavy atom. The lowest BCUT2D eigenvalue weighted by atomic mass is 9.65. The van der Waals surface area contributed by atoms with Crippen molar-refractivity contribution in [2.75, 3.05) is 0 Å². The van der Waals surface area contributed by atoms with Gasteiger partial charge < -0.3 is 8.83 Å². The zero-order chi connectivity index (χ0) is 41.2. The van der Waals surface area contributed by atoms with Crippen LogP contribution in [-0.2, 0) is 5.41 Å². The van der Waals surface area contributed by atoms with E-state index < -0.39 is 5.41 Å². The molecule has 9 aromatic carbocycles. The highest BCUT2D eigenvalue weighted by molar-refractivity contribution is 6.09. The third kappa shape index (κ3) is 4.73. The van der Waals surface area contributed by atoms with E-state index in [2.05, 4.69) is 146 Å². The van der Waals surface area contributed by atoms with Crippen molar-refractivity contribution in [3.8, 4) is 67.5 Å². The number of hydrogen-bond donors (Lipinski definition) is 0. The number of benzene rings is 9. The highest BCUT2D eigenvalue weighted by Gasteiger charge is 2.49. The summed E-state index contributed by atoms with van der Waals surface area (Å²) in [6, 6.07) is 71.2. The van der Waals surface area contributed by atoms with E-state index in [1.165, 1.54) is 55.6 Å². The van der Waals surface area contributed by atoms with Crippen LogP contribution in [0.3, 0.4) is 0 Å². The van der Waals surface area contributed by atoms with Crippen LogP contribution in [0.1, 0.15) is 22.3 Å². The van der Waals surface area contributed by atoms with Gasteiger partial charge in [0.05, 0.1) is 11.0 Å². The highest BCUT2D eigenvalue weighted by Crippen LogP contribution is 2.61. The zero-order valence-electron chi connectivity index (χ0n) is 33.7. The predicted octanol–water partition coefficient (Wildman–Crippen LogP) is 14.7. The largest absolute Gasteiger partial charge is 0.456 e. The van der Waals surface area contributed by atoms with Gasteiger partial charge in [-0.25, -0.2) is 15.0 Å². The number of fused-ring (bicyclic) bond motifs is 18. The van der Waals surface area contributed by atoms with E-state index >= 15 is 0 Å². The average Bonchev–Trinajstić information content (AvgIpc) is 4.00. The molecule has 292 valence electrons. The Balaban J connectivity index is 1.07. The van der Waals surface area contributed by atoms with Gasteiger partial charge in [0, 0.05) is 32.7 Å². The molecule has 63 heavy (non-hydrogen) atoms. The van der Waals surface area contributed by atoms with Crippen LogP contribution in [-0.4, -0.2) is 15.0 Å². The topological polar surface area (TPSA) is 65.0 Å². The number of aromatic nitrogens is 3. The molecule has 0 atom stereocenters. The van der Waals surface area contributed by atoms with Gasteiger partial charge in [-0.15, -0.1) is 0 Å². The monoisotopic (exact) mass is 803 g/mol. The molecule has 0 unspecified atom stereocenters. The lowest BCUT2D eigenvalue weighted by Gasteiger charge is -2.35. The van der Waals surface area contributed by atoms with Crippen molar-refractivity contribution < 1.29 is 8.83 Å². The molecule has 5 heteroatoms. The summed E-state index contributed by atoms with van der Waals surface area (Å²) in [6.07, 6.45) is 0. The first-order valence-electron chi connectivity index (χ1n) is 21.3. The summed E-state index contributed by atoms with van der Waals surface area (Å²) in [5.41, 5.74) is 17.4. The molecule has 0 amide bonds. The fourth-order valence-corrected chi connectivity index (χ4v) is 10.7. The van der Waals surface area contributed by atoms with Crippen LogP contribution in [0.5, 0.6) is 0 Å². The molecule has 0 fully saturated rings. The van der Waals surface area contributed by atoms with Crippen LogP contribution in [0.4, 0.5) is 0 Å². The van der Waals surface area contributed by atoms with Gasteiger partial charge in [-0.2, -0.15) is 0 Å². The molecule has 0 saturated heterocycles. The predicted molar refractivity (Wildman–Crippen MR) is 252 cm³/mol. The summed E-state index contributed by atoms with van der Waals surface area (Å²) < 4.78 is 12.8.